The first kappa shape index (κ1) is 21.9. The van der Waals surface area contributed by atoms with Crippen molar-refractivity contribution in [2.24, 2.45) is 0 Å². The Balaban J connectivity index is 2.13. The minimum atomic E-state index is -0.794. The van der Waals surface area contributed by atoms with Gasteiger partial charge in [-0.3, -0.25) is 14.9 Å². The van der Waals surface area contributed by atoms with Gasteiger partial charge in [-0.1, -0.05) is 6.07 Å². The number of rotatable bonds is 7. The van der Waals surface area contributed by atoms with Crippen LogP contribution in [0.15, 0.2) is 22.6 Å². The van der Waals surface area contributed by atoms with E-state index in [9.17, 15) is 19.2 Å². The van der Waals surface area contributed by atoms with Gasteiger partial charge in [0.1, 0.15) is 11.3 Å². The van der Waals surface area contributed by atoms with Gasteiger partial charge in [-0.2, -0.15) is 0 Å². The zero-order chi connectivity index (χ0) is 21.7. The van der Waals surface area contributed by atoms with Crippen LogP contribution in [0.5, 0.6) is 0 Å². The highest BCUT2D eigenvalue weighted by atomic mass is 16.5. The van der Waals surface area contributed by atoms with E-state index in [-0.39, 0.29) is 29.4 Å². The molecule has 2 rings (SSSR count). The van der Waals surface area contributed by atoms with Crippen LogP contribution in [0, 0.1) is 20.8 Å². The van der Waals surface area contributed by atoms with Crippen LogP contribution in [0.3, 0.4) is 0 Å². The van der Waals surface area contributed by atoms with Crippen molar-refractivity contribution in [2.75, 3.05) is 18.5 Å². The van der Waals surface area contributed by atoms with E-state index in [0.29, 0.717) is 5.56 Å². The summed E-state index contributed by atoms with van der Waals surface area (Å²) in [4.78, 5) is 48.4. The molecule has 0 aliphatic carbocycles. The molecule has 0 atom stereocenters. The summed E-state index contributed by atoms with van der Waals surface area (Å²) in [5.41, 5.74) is 2.14. The molecule has 8 heteroatoms. The molecule has 1 N–H and O–H groups in total. The molecule has 0 spiro atoms. The SMILES string of the molecule is CCOC(=O)c1c(NC(=O)COC(=O)c2ccc(C)c(C)c2)oc(C)c1C(C)=O. The number of Topliss-reactive ketones (excluding diaryl/α,β-unsaturated/α-hetero) is 1. The van der Waals surface area contributed by atoms with E-state index >= 15 is 0 Å². The lowest BCUT2D eigenvalue weighted by atomic mass is 10.1. The van der Waals surface area contributed by atoms with Crippen molar-refractivity contribution in [3.05, 3.63) is 51.8 Å². The van der Waals surface area contributed by atoms with E-state index in [0.717, 1.165) is 11.1 Å². The van der Waals surface area contributed by atoms with E-state index in [1.807, 2.05) is 13.8 Å². The van der Waals surface area contributed by atoms with E-state index in [2.05, 4.69) is 5.32 Å². The number of ketones is 1. The Hall–Kier alpha value is -3.42. The molecular weight excluding hydrogens is 378 g/mol. The van der Waals surface area contributed by atoms with Gasteiger partial charge in [-0.15, -0.1) is 0 Å². The monoisotopic (exact) mass is 401 g/mol. The second kappa shape index (κ2) is 9.18. The molecule has 0 radical (unpaired) electrons. The predicted octanol–water partition coefficient (Wildman–Crippen LogP) is 3.38. The van der Waals surface area contributed by atoms with Gasteiger partial charge in [-0.25, -0.2) is 9.59 Å². The molecule has 1 aromatic heterocycles. The number of benzene rings is 1. The summed E-state index contributed by atoms with van der Waals surface area (Å²) >= 11 is 0. The van der Waals surface area contributed by atoms with Crippen LogP contribution in [-0.2, 0) is 14.3 Å². The summed E-state index contributed by atoms with van der Waals surface area (Å²) < 4.78 is 15.3. The third-order valence-electron chi connectivity index (χ3n) is 4.25. The fraction of sp³-hybridized carbons (Fsp3) is 0.333. The molecule has 0 aliphatic rings. The van der Waals surface area contributed by atoms with Gasteiger partial charge in [0.05, 0.1) is 17.7 Å². The number of hydrogen-bond donors (Lipinski definition) is 1. The van der Waals surface area contributed by atoms with Crippen molar-refractivity contribution >= 4 is 29.5 Å². The Labute approximate surface area is 168 Å². The Bertz CT molecular complexity index is 972. The second-order valence-corrected chi connectivity index (χ2v) is 6.44. The molecule has 0 bridgehead atoms. The number of anilines is 1. The van der Waals surface area contributed by atoms with Gasteiger partial charge in [0.2, 0.25) is 5.88 Å². The standard InChI is InChI=1S/C21H23NO7/c1-6-27-21(26)18-17(13(4)23)14(5)29-19(18)22-16(24)10-28-20(25)15-8-7-11(2)12(3)9-15/h7-9H,6,10H2,1-5H3,(H,22,24). The number of aryl methyl sites for hydroxylation is 3. The van der Waals surface area contributed by atoms with Crippen LogP contribution in [0.25, 0.3) is 0 Å². The van der Waals surface area contributed by atoms with Gasteiger partial charge in [0.15, 0.2) is 12.4 Å². The fourth-order valence-corrected chi connectivity index (χ4v) is 2.70. The molecule has 154 valence electrons. The van der Waals surface area contributed by atoms with E-state index in [1.54, 1.807) is 25.1 Å². The summed E-state index contributed by atoms with van der Waals surface area (Å²) in [5.74, 6) is -2.64. The minimum absolute atomic E-state index is 0.0332. The Morgan fingerprint density at radius 1 is 0.966 bits per heavy atom. The number of carbonyl (C=O) groups is 4. The first-order valence-corrected chi connectivity index (χ1v) is 9.01. The summed E-state index contributed by atoms with van der Waals surface area (Å²) in [6.07, 6.45) is 0. The number of amides is 1. The number of carbonyl (C=O) groups excluding carboxylic acids is 4. The Morgan fingerprint density at radius 3 is 2.24 bits per heavy atom. The summed E-state index contributed by atoms with van der Waals surface area (Å²) in [6, 6.07) is 5.06. The number of esters is 2. The number of hydrogen-bond acceptors (Lipinski definition) is 7. The average Bonchev–Trinajstić information content (AvgIpc) is 2.98. The molecule has 8 nitrogen and oxygen atoms in total. The summed E-state index contributed by atoms with van der Waals surface area (Å²) in [7, 11) is 0. The lowest BCUT2D eigenvalue weighted by molar-refractivity contribution is -0.119. The molecule has 2 aromatic rings. The van der Waals surface area contributed by atoms with Gasteiger partial charge in [0.25, 0.3) is 5.91 Å². The van der Waals surface area contributed by atoms with Crippen LogP contribution >= 0.6 is 0 Å². The smallest absolute Gasteiger partial charge is 0.344 e. The molecule has 29 heavy (non-hydrogen) atoms. The van der Waals surface area contributed by atoms with Crippen LogP contribution in [0.2, 0.25) is 0 Å². The topological polar surface area (TPSA) is 112 Å². The van der Waals surface area contributed by atoms with Crippen molar-refractivity contribution in [3.63, 3.8) is 0 Å². The first-order chi connectivity index (χ1) is 13.6. The van der Waals surface area contributed by atoms with E-state index in [4.69, 9.17) is 13.9 Å². The van der Waals surface area contributed by atoms with Gasteiger partial charge < -0.3 is 13.9 Å². The molecule has 0 saturated carbocycles. The van der Waals surface area contributed by atoms with Crippen molar-refractivity contribution in [1.29, 1.82) is 0 Å². The maximum atomic E-state index is 12.2. The van der Waals surface area contributed by atoms with Crippen LogP contribution in [-0.4, -0.2) is 36.8 Å². The summed E-state index contributed by atoms with van der Waals surface area (Å²) in [5, 5.41) is 2.36. The van der Waals surface area contributed by atoms with Crippen LogP contribution in [0.1, 0.15) is 61.8 Å². The third-order valence-corrected chi connectivity index (χ3v) is 4.25. The first-order valence-electron chi connectivity index (χ1n) is 9.01. The van der Waals surface area contributed by atoms with Gasteiger partial charge in [0, 0.05) is 0 Å². The molecule has 1 amide bonds. The average molecular weight is 401 g/mol. The third kappa shape index (κ3) is 5.10. The Morgan fingerprint density at radius 2 is 1.66 bits per heavy atom. The maximum Gasteiger partial charge on any atom is 0.344 e. The number of ether oxygens (including phenoxy) is 2. The quantitative estimate of drug-likeness (QED) is 0.559. The largest absolute Gasteiger partial charge is 0.462 e. The fourth-order valence-electron chi connectivity index (χ4n) is 2.70. The van der Waals surface area contributed by atoms with E-state index < -0.39 is 30.2 Å². The zero-order valence-corrected chi connectivity index (χ0v) is 17.0. The molecule has 0 saturated heterocycles. The number of furan rings is 1. The highest BCUT2D eigenvalue weighted by molar-refractivity contribution is 6.10. The van der Waals surface area contributed by atoms with E-state index in [1.165, 1.54) is 13.8 Å². The molecule has 0 unspecified atom stereocenters. The molecule has 0 fully saturated rings. The second-order valence-electron chi connectivity index (χ2n) is 6.44. The van der Waals surface area contributed by atoms with Crippen molar-refractivity contribution in [2.45, 2.75) is 34.6 Å². The molecule has 0 aliphatic heterocycles. The Kier molecular flexibility index (Phi) is 6.93. The van der Waals surface area contributed by atoms with Crippen molar-refractivity contribution < 1.29 is 33.1 Å². The molecule has 1 heterocycles. The van der Waals surface area contributed by atoms with Crippen LogP contribution in [0.4, 0.5) is 5.88 Å². The summed E-state index contributed by atoms with van der Waals surface area (Å²) in [6.45, 7) is 7.65. The lowest BCUT2D eigenvalue weighted by Gasteiger charge is -2.08. The maximum absolute atomic E-state index is 12.2. The number of nitrogens with one attached hydrogen (secondary N) is 1. The zero-order valence-electron chi connectivity index (χ0n) is 17.0. The molecular formula is C21H23NO7. The van der Waals surface area contributed by atoms with Gasteiger partial charge in [-0.05, 0) is 57.9 Å². The highest BCUT2D eigenvalue weighted by Crippen LogP contribution is 2.28. The van der Waals surface area contributed by atoms with Crippen LogP contribution < -0.4 is 5.32 Å². The normalized spacial score (nSPS) is 10.4. The van der Waals surface area contributed by atoms with Crippen molar-refractivity contribution in [1.82, 2.24) is 0 Å². The van der Waals surface area contributed by atoms with Gasteiger partial charge >= 0.3 is 11.9 Å². The highest BCUT2D eigenvalue weighted by Gasteiger charge is 2.28. The molecule has 1 aromatic carbocycles. The lowest BCUT2D eigenvalue weighted by Crippen LogP contribution is -2.22. The minimum Gasteiger partial charge on any atom is -0.462 e. The predicted molar refractivity (Wildman–Crippen MR) is 104 cm³/mol. The van der Waals surface area contributed by atoms with Crippen molar-refractivity contribution in [3.8, 4) is 0 Å².